The minimum Gasteiger partial charge on any atom is -0.379 e. The minimum absolute atomic E-state index is 0.0832. The van der Waals surface area contributed by atoms with Crippen LogP contribution in [0.15, 0.2) is 24.3 Å². The fourth-order valence-electron chi connectivity index (χ4n) is 2.86. The van der Waals surface area contributed by atoms with Gasteiger partial charge in [0.2, 0.25) is 5.91 Å². The molecule has 1 aliphatic rings. The van der Waals surface area contributed by atoms with Crippen molar-refractivity contribution in [3.05, 3.63) is 34.2 Å². The van der Waals surface area contributed by atoms with E-state index < -0.39 is 0 Å². The Kier molecular flexibility index (Phi) is 7.46. The van der Waals surface area contributed by atoms with Gasteiger partial charge in [-0.3, -0.25) is 9.59 Å². The van der Waals surface area contributed by atoms with Crippen molar-refractivity contribution in [2.24, 2.45) is 0 Å². The molecule has 0 spiro atoms. The lowest BCUT2D eigenvalue weighted by Crippen LogP contribution is -2.37. The third-order valence-electron chi connectivity index (χ3n) is 4.27. The Morgan fingerprint density at radius 2 is 2.15 bits per heavy atom. The van der Waals surface area contributed by atoms with Crippen LogP contribution in [0.1, 0.15) is 28.9 Å². The number of ether oxygens (including phenoxy) is 2. The molecule has 0 saturated carbocycles. The number of amides is 2. The molecule has 1 aromatic carbocycles. The highest BCUT2D eigenvalue weighted by Crippen LogP contribution is 2.34. The molecular weight excluding hydrogens is 388 g/mol. The number of carbonyl (C=O) groups excluding carboxylic acids is 2. The van der Waals surface area contributed by atoms with E-state index >= 15 is 0 Å². The van der Waals surface area contributed by atoms with Gasteiger partial charge in [-0.2, -0.15) is 0 Å². The van der Waals surface area contributed by atoms with E-state index in [1.807, 2.05) is 24.3 Å². The molecule has 2 amide bonds. The highest BCUT2D eigenvalue weighted by atomic mass is 35.5. The molecule has 8 heteroatoms. The summed E-state index contributed by atoms with van der Waals surface area (Å²) in [7, 11) is 0. The maximum atomic E-state index is 12.3. The molecule has 2 N–H and O–H groups in total. The van der Waals surface area contributed by atoms with Crippen LogP contribution in [0.3, 0.4) is 0 Å². The molecule has 2 aromatic rings. The lowest BCUT2D eigenvalue weighted by Gasteiger charge is -2.10. The van der Waals surface area contributed by atoms with Gasteiger partial charge in [0.25, 0.3) is 5.91 Å². The Morgan fingerprint density at radius 1 is 1.30 bits per heavy atom. The lowest BCUT2D eigenvalue weighted by molar-refractivity contribution is -0.120. The van der Waals surface area contributed by atoms with Gasteiger partial charge in [0.1, 0.15) is 4.88 Å². The quantitative estimate of drug-likeness (QED) is 0.623. The van der Waals surface area contributed by atoms with Gasteiger partial charge in [0.05, 0.1) is 24.3 Å². The molecule has 0 aliphatic carbocycles. The highest BCUT2D eigenvalue weighted by molar-refractivity contribution is 7.21. The first kappa shape index (κ1) is 20.1. The molecule has 1 fully saturated rings. The van der Waals surface area contributed by atoms with Gasteiger partial charge in [-0.15, -0.1) is 11.3 Å². The second-order valence-corrected chi connectivity index (χ2v) is 7.77. The molecule has 6 nitrogen and oxygen atoms in total. The van der Waals surface area contributed by atoms with E-state index in [0.717, 1.165) is 29.5 Å². The van der Waals surface area contributed by atoms with Crippen LogP contribution in [0.4, 0.5) is 0 Å². The van der Waals surface area contributed by atoms with Gasteiger partial charge >= 0.3 is 0 Å². The number of thiophene rings is 1. The molecule has 3 rings (SSSR count). The van der Waals surface area contributed by atoms with Gasteiger partial charge in [0, 0.05) is 29.8 Å². The van der Waals surface area contributed by atoms with E-state index in [1.165, 1.54) is 11.3 Å². The summed E-state index contributed by atoms with van der Waals surface area (Å²) in [5, 5.41) is 6.66. The number of hydrogen-bond acceptors (Lipinski definition) is 5. The van der Waals surface area contributed by atoms with Gasteiger partial charge in [-0.25, -0.2) is 0 Å². The molecule has 1 unspecified atom stereocenters. The highest BCUT2D eigenvalue weighted by Gasteiger charge is 2.17. The Hall–Kier alpha value is -1.67. The summed E-state index contributed by atoms with van der Waals surface area (Å²) in [5.74, 6) is -0.573. The average molecular weight is 411 g/mol. The first-order chi connectivity index (χ1) is 13.1. The van der Waals surface area contributed by atoms with Gasteiger partial charge < -0.3 is 20.1 Å². The summed E-state index contributed by atoms with van der Waals surface area (Å²) >= 11 is 7.59. The first-order valence-corrected chi connectivity index (χ1v) is 10.3. The van der Waals surface area contributed by atoms with Crippen molar-refractivity contribution < 1.29 is 19.1 Å². The first-order valence-electron chi connectivity index (χ1n) is 9.06. The van der Waals surface area contributed by atoms with E-state index in [0.29, 0.717) is 36.1 Å². The van der Waals surface area contributed by atoms with Crippen LogP contribution in [0.2, 0.25) is 5.02 Å². The zero-order valence-electron chi connectivity index (χ0n) is 15.0. The van der Waals surface area contributed by atoms with Crippen LogP contribution >= 0.6 is 22.9 Å². The molecule has 27 heavy (non-hydrogen) atoms. The van der Waals surface area contributed by atoms with Gasteiger partial charge in [-0.1, -0.05) is 29.8 Å². The molecule has 1 atom stereocenters. The van der Waals surface area contributed by atoms with E-state index in [1.54, 1.807) is 0 Å². The molecular formula is C19H23ClN2O4S. The molecule has 1 aromatic heterocycles. The summed E-state index contributed by atoms with van der Waals surface area (Å²) in [4.78, 5) is 24.6. The summed E-state index contributed by atoms with van der Waals surface area (Å²) < 4.78 is 12.0. The van der Waals surface area contributed by atoms with Crippen molar-refractivity contribution in [1.82, 2.24) is 10.6 Å². The number of rotatable bonds is 9. The average Bonchev–Trinajstić information content (AvgIpc) is 3.31. The number of fused-ring (bicyclic) bond motifs is 1. The maximum absolute atomic E-state index is 12.3. The zero-order valence-corrected chi connectivity index (χ0v) is 16.5. The van der Waals surface area contributed by atoms with Gasteiger partial charge in [0.15, 0.2) is 0 Å². The summed E-state index contributed by atoms with van der Waals surface area (Å²) in [6.45, 7) is 2.43. The van der Waals surface area contributed by atoms with Crippen molar-refractivity contribution in [2.75, 3.05) is 32.9 Å². The largest absolute Gasteiger partial charge is 0.379 e. The molecule has 2 heterocycles. The number of carbonyl (C=O) groups is 2. The Bertz CT molecular complexity index is 789. The molecule has 1 aliphatic heterocycles. The standard InChI is InChI=1S/C19H23ClN2O4S/c20-17-14-6-1-2-7-15(14)27-18(17)19(24)22-11-16(23)21-8-4-9-25-12-13-5-3-10-26-13/h1-2,6-7,13H,3-5,8-12H2,(H,21,23)(H,22,24). The number of nitrogens with one attached hydrogen (secondary N) is 2. The minimum atomic E-state index is -0.337. The Labute approximate surface area is 167 Å². The third kappa shape index (κ3) is 5.65. The van der Waals surface area contributed by atoms with E-state index in [2.05, 4.69) is 10.6 Å². The van der Waals surface area contributed by atoms with E-state index in [4.69, 9.17) is 21.1 Å². The smallest absolute Gasteiger partial charge is 0.263 e. The van der Waals surface area contributed by atoms with Crippen LogP contribution in [-0.2, 0) is 14.3 Å². The van der Waals surface area contributed by atoms with Gasteiger partial charge in [-0.05, 0) is 25.3 Å². The molecule has 0 bridgehead atoms. The van der Waals surface area contributed by atoms with Crippen LogP contribution in [-0.4, -0.2) is 50.8 Å². The van der Waals surface area contributed by atoms with Crippen LogP contribution in [0.25, 0.3) is 10.1 Å². The monoisotopic (exact) mass is 410 g/mol. The second kappa shape index (κ2) is 10.0. The van der Waals surface area contributed by atoms with Crippen molar-refractivity contribution in [3.63, 3.8) is 0 Å². The SMILES string of the molecule is O=C(CNC(=O)c1sc2ccccc2c1Cl)NCCCOCC1CCCO1. The second-order valence-electron chi connectivity index (χ2n) is 6.34. The summed E-state index contributed by atoms with van der Waals surface area (Å²) in [6.07, 6.45) is 3.09. The van der Waals surface area contributed by atoms with E-state index in [-0.39, 0.29) is 24.5 Å². The predicted molar refractivity (Wildman–Crippen MR) is 107 cm³/mol. The number of hydrogen-bond donors (Lipinski definition) is 2. The van der Waals surface area contributed by atoms with Crippen LogP contribution < -0.4 is 10.6 Å². The molecule has 146 valence electrons. The van der Waals surface area contributed by atoms with Crippen molar-refractivity contribution in [2.45, 2.75) is 25.4 Å². The zero-order chi connectivity index (χ0) is 19.1. The van der Waals surface area contributed by atoms with E-state index in [9.17, 15) is 9.59 Å². The molecule has 0 radical (unpaired) electrons. The number of benzene rings is 1. The Morgan fingerprint density at radius 3 is 2.93 bits per heavy atom. The molecule has 1 saturated heterocycles. The predicted octanol–water partition coefficient (Wildman–Crippen LogP) is 2.99. The Balaban J connectivity index is 1.32. The van der Waals surface area contributed by atoms with Crippen molar-refractivity contribution in [1.29, 1.82) is 0 Å². The number of halogens is 1. The van der Waals surface area contributed by atoms with Crippen LogP contribution in [0, 0.1) is 0 Å². The topological polar surface area (TPSA) is 76.7 Å². The van der Waals surface area contributed by atoms with Crippen molar-refractivity contribution >= 4 is 44.8 Å². The fourth-order valence-corrected chi connectivity index (χ4v) is 4.29. The third-order valence-corrected chi connectivity index (χ3v) is 5.94. The maximum Gasteiger partial charge on any atom is 0.263 e. The summed E-state index contributed by atoms with van der Waals surface area (Å²) in [5.41, 5.74) is 0. The summed E-state index contributed by atoms with van der Waals surface area (Å²) in [6, 6.07) is 7.56. The van der Waals surface area contributed by atoms with Crippen LogP contribution in [0.5, 0.6) is 0 Å². The normalized spacial score (nSPS) is 16.6. The fraction of sp³-hybridized carbons (Fsp3) is 0.474. The lowest BCUT2D eigenvalue weighted by atomic mass is 10.2. The van der Waals surface area contributed by atoms with Crippen molar-refractivity contribution in [3.8, 4) is 0 Å².